The van der Waals surface area contributed by atoms with Gasteiger partial charge in [-0.2, -0.15) is 0 Å². The molecule has 1 saturated carbocycles. The third kappa shape index (κ3) is 6.53. The number of rotatable bonds is 8. The summed E-state index contributed by atoms with van der Waals surface area (Å²) >= 11 is 5.99. The number of hydrogen-bond acceptors (Lipinski definition) is 3. The third-order valence-electron chi connectivity index (χ3n) is 5.21. The van der Waals surface area contributed by atoms with Crippen molar-refractivity contribution >= 4 is 11.6 Å². The first-order valence-electron chi connectivity index (χ1n) is 10.0. The lowest BCUT2D eigenvalue weighted by atomic mass is 9.98. The number of aliphatic hydroxyl groups is 1. The number of ether oxygens (including phenoxy) is 1. The molecule has 0 radical (unpaired) electrons. The number of aliphatic hydroxyl groups excluding tert-OH is 1. The maximum Gasteiger partial charge on any atom is 0.119 e. The molecular formula is C23H30ClNO2. The Morgan fingerprint density at radius 1 is 1.11 bits per heavy atom. The lowest BCUT2D eigenvalue weighted by molar-refractivity contribution is 0.155. The summed E-state index contributed by atoms with van der Waals surface area (Å²) in [5.74, 6) is 0.975. The molecule has 146 valence electrons. The molecule has 0 spiro atoms. The van der Waals surface area contributed by atoms with E-state index in [-0.39, 0.29) is 6.04 Å². The molecule has 0 heterocycles. The van der Waals surface area contributed by atoms with Crippen molar-refractivity contribution in [2.75, 3.05) is 6.54 Å². The van der Waals surface area contributed by atoms with Gasteiger partial charge in [-0.25, -0.2) is 0 Å². The molecule has 0 saturated heterocycles. The van der Waals surface area contributed by atoms with Crippen LogP contribution in [0.2, 0.25) is 5.02 Å². The van der Waals surface area contributed by atoms with Crippen LogP contribution in [0.5, 0.6) is 5.75 Å². The molecule has 0 aromatic heterocycles. The second-order valence-electron chi connectivity index (χ2n) is 7.61. The van der Waals surface area contributed by atoms with E-state index in [1.54, 1.807) is 0 Å². The maximum atomic E-state index is 10.3. The van der Waals surface area contributed by atoms with Gasteiger partial charge < -0.3 is 15.2 Å². The SMILES string of the molecule is CC(Cc1ccc(OC2CCCCC2)cc1)NCC(O)c1cccc(Cl)c1. The summed E-state index contributed by atoms with van der Waals surface area (Å²) in [6.45, 7) is 2.64. The van der Waals surface area contributed by atoms with E-state index < -0.39 is 6.10 Å². The van der Waals surface area contributed by atoms with Gasteiger partial charge in [-0.3, -0.25) is 0 Å². The molecule has 2 atom stereocenters. The zero-order valence-corrected chi connectivity index (χ0v) is 16.8. The van der Waals surface area contributed by atoms with Crippen molar-refractivity contribution in [1.29, 1.82) is 0 Å². The molecule has 1 aliphatic carbocycles. The molecule has 2 aromatic carbocycles. The van der Waals surface area contributed by atoms with E-state index in [1.165, 1.54) is 37.7 Å². The highest BCUT2D eigenvalue weighted by Crippen LogP contribution is 2.24. The molecule has 0 bridgehead atoms. The van der Waals surface area contributed by atoms with Crippen LogP contribution in [0.25, 0.3) is 0 Å². The van der Waals surface area contributed by atoms with Crippen LogP contribution in [0, 0.1) is 0 Å². The molecule has 2 unspecified atom stereocenters. The average Bonchev–Trinajstić information content (AvgIpc) is 2.68. The number of halogens is 1. The monoisotopic (exact) mass is 387 g/mol. The van der Waals surface area contributed by atoms with Crippen LogP contribution in [-0.2, 0) is 6.42 Å². The minimum absolute atomic E-state index is 0.268. The molecule has 1 aliphatic rings. The summed E-state index contributed by atoms with van der Waals surface area (Å²) in [5, 5.41) is 14.4. The summed E-state index contributed by atoms with van der Waals surface area (Å²) in [6.07, 6.45) is 7.01. The Labute approximate surface area is 167 Å². The second-order valence-corrected chi connectivity index (χ2v) is 8.04. The molecular weight excluding hydrogens is 358 g/mol. The lowest BCUT2D eigenvalue weighted by Gasteiger charge is -2.23. The third-order valence-corrected chi connectivity index (χ3v) is 5.45. The summed E-state index contributed by atoms with van der Waals surface area (Å²) < 4.78 is 6.09. The smallest absolute Gasteiger partial charge is 0.119 e. The molecule has 4 heteroatoms. The Morgan fingerprint density at radius 3 is 2.56 bits per heavy atom. The Bertz CT molecular complexity index is 698. The fraction of sp³-hybridized carbons (Fsp3) is 0.478. The molecule has 0 amide bonds. The van der Waals surface area contributed by atoms with Gasteiger partial charge >= 0.3 is 0 Å². The zero-order chi connectivity index (χ0) is 19.1. The first kappa shape index (κ1) is 20.2. The second kappa shape index (κ2) is 10.1. The van der Waals surface area contributed by atoms with Crippen molar-refractivity contribution in [3.05, 3.63) is 64.7 Å². The van der Waals surface area contributed by atoms with Gasteiger partial charge in [0.15, 0.2) is 0 Å². The number of hydrogen-bond donors (Lipinski definition) is 2. The highest BCUT2D eigenvalue weighted by Gasteiger charge is 2.15. The summed E-state index contributed by atoms with van der Waals surface area (Å²) in [4.78, 5) is 0. The van der Waals surface area contributed by atoms with Crippen molar-refractivity contribution in [3.63, 3.8) is 0 Å². The topological polar surface area (TPSA) is 41.5 Å². The van der Waals surface area contributed by atoms with E-state index in [4.69, 9.17) is 16.3 Å². The van der Waals surface area contributed by atoms with Crippen molar-refractivity contribution in [2.45, 2.75) is 63.7 Å². The van der Waals surface area contributed by atoms with Crippen LogP contribution in [-0.4, -0.2) is 23.8 Å². The summed E-state index contributed by atoms with van der Waals surface area (Å²) in [5.41, 5.74) is 2.11. The Balaban J connectivity index is 1.44. The Hall–Kier alpha value is -1.55. The normalized spacial score (nSPS) is 17.4. The average molecular weight is 388 g/mol. The summed E-state index contributed by atoms with van der Waals surface area (Å²) in [6, 6.07) is 16.1. The van der Waals surface area contributed by atoms with Crippen LogP contribution in [0.15, 0.2) is 48.5 Å². The highest BCUT2D eigenvalue weighted by atomic mass is 35.5. The Morgan fingerprint density at radius 2 is 1.85 bits per heavy atom. The minimum atomic E-state index is -0.558. The quantitative estimate of drug-likeness (QED) is 0.645. The van der Waals surface area contributed by atoms with Crippen molar-refractivity contribution in [3.8, 4) is 5.75 Å². The fourth-order valence-corrected chi connectivity index (χ4v) is 3.85. The molecule has 3 nitrogen and oxygen atoms in total. The zero-order valence-electron chi connectivity index (χ0n) is 16.0. The molecule has 1 fully saturated rings. The van der Waals surface area contributed by atoms with Crippen LogP contribution in [0.4, 0.5) is 0 Å². The highest BCUT2D eigenvalue weighted by molar-refractivity contribution is 6.30. The van der Waals surface area contributed by atoms with Gasteiger partial charge in [-0.1, -0.05) is 42.3 Å². The van der Waals surface area contributed by atoms with Crippen molar-refractivity contribution < 1.29 is 9.84 Å². The number of benzene rings is 2. The number of nitrogens with one attached hydrogen (secondary N) is 1. The molecule has 2 aromatic rings. The predicted octanol–water partition coefficient (Wildman–Crippen LogP) is 5.31. The van der Waals surface area contributed by atoms with E-state index in [9.17, 15) is 5.11 Å². The van der Waals surface area contributed by atoms with Gasteiger partial charge in [0.2, 0.25) is 0 Å². The van der Waals surface area contributed by atoms with Gasteiger partial charge in [-0.15, -0.1) is 0 Å². The van der Waals surface area contributed by atoms with E-state index in [1.807, 2.05) is 24.3 Å². The van der Waals surface area contributed by atoms with Crippen LogP contribution in [0.1, 0.15) is 56.3 Å². The van der Waals surface area contributed by atoms with Gasteiger partial charge in [0.1, 0.15) is 5.75 Å². The van der Waals surface area contributed by atoms with Gasteiger partial charge in [-0.05, 0) is 74.4 Å². The van der Waals surface area contributed by atoms with Gasteiger partial charge in [0.25, 0.3) is 0 Å². The molecule has 2 N–H and O–H groups in total. The van der Waals surface area contributed by atoms with Crippen LogP contribution >= 0.6 is 11.6 Å². The van der Waals surface area contributed by atoms with Crippen molar-refractivity contribution in [2.24, 2.45) is 0 Å². The van der Waals surface area contributed by atoms with E-state index in [0.29, 0.717) is 17.7 Å². The van der Waals surface area contributed by atoms with Crippen molar-refractivity contribution in [1.82, 2.24) is 5.32 Å². The van der Waals surface area contributed by atoms with E-state index in [0.717, 1.165) is 17.7 Å². The van der Waals surface area contributed by atoms with E-state index in [2.05, 4.69) is 36.5 Å². The Kier molecular flexibility index (Phi) is 7.57. The lowest BCUT2D eigenvalue weighted by Crippen LogP contribution is -2.32. The molecule has 27 heavy (non-hydrogen) atoms. The summed E-state index contributed by atoms with van der Waals surface area (Å²) in [7, 11) is 0. The largest absolute Gasteiger partial charge is 0.490 e. The maximum absolute atomic E-state index is 10.3. The first-order valence-corrected chi connectivity index (χ1v) is 10.4. The molecule has 0 aliphatic heterocycles. The standard InChI is InChI=1S/C23H30ClNO2/c1-17(25-16-23(26)19-6-5-7-20(24)15-19)14-18-10-12-22(13-11-18)27-21-8-3-2-4-9-21/h5-7,10-13,15,17,21,23,25-26H,2-4,8-9,14,16H2,1H3. The predicted molar refractivity (Wildman–Crippen MR) is 112 cm³/mol. The van der Waals surface area contributed by atoms with Crippen LogP contribution < -0.4 is 10.1 Å². The first-order chi connectivity index (χ1) is 13.1. The van der Waals surface area contributed by atoms with Gasteiger partial charge in [0.05, 0.1) is 12.2 Å². The minimum Gasteiger partial charge on any atom is -0.490 e. The molecule has 3 rings (SSSR count). The fourth-order valence-electron chi connectivity index (χ4n) is 3.65. The van der Waals surface area contributed by atoms with Gasteiger partial charge in [0, 0.05) is 17.6 Å². The van der Waals surface area contributed by atoms with E-state index >= 15 is 0 Å². The van der Waals surface area contributed by atoms with Crippen LogP contribution in [0.3, 0.4) is 0 Å².